The van der Waals surface area contributed by atoms with Crippen LogP contribution in [0.1, 0.15) is 24.0 Å². The smallest absolute Gasteiger partial charge is 0.259 e. The van der Waals surface area contributed by atoms with Gasteiger partial charge in [-0.2, -0.15) is 0 Å². The minimum Gasteiger partial charge on any atom is -0.274 e. The third-order valence-corrected chi connectivity index (χ3v) is 4.80. The monoisotopic (exact) mass is 274 g/mol. The lowest BCUT2D eigenvalue weighted by molar-refractivity contribution is 0.679. The SMILES string of the molecule is O=c1c2c(c3nccc4c5ccccc5n1c34)CCCC2. The lowest BCUT2D eigenvalue weighted by atomic mass is 9.91. The second-order valence-electron chi connectivity index (χ2n) is 5.88. The molecule has 0 aliphatic heterocycles. The Balaban J connectivity index is 2.19. The van der Waals surface area contributed by atoms with E-state index in [2.05, 4.69) is 11.1 Å². The maximum Gasteiger partial charge on any atom is 0.259 e. The number of para-hydroxylation sites is 1. The molecule has 0 saturated carbocycles. The van der Waals surface area contributed by atoms with Crippen LogP contribution in [0, 0.1) is 0 Å². The fraction of sp³-hybridized carbons (Fsp3) is 0.222. The quantitative estimate of drug-likeness (QED) is 0.493. The summed E-state index contributed by atoms with van der Waals surface area (Å²) in [7, 11) is 0. The molecule has 0 atom stereocenters. The molecule has 1 aromatic carbocycles. The predicted octanol–water partition coefficient (Wildman–Crippen LogP) is 3.32. The number of pyridine rings is 2. The summed E-state index contributed by atoms with van der Waals surface area (Å²) in [6, 6.07) is 10.2. The van der Waals surface area contributed by atoms with Gasteiger partial charge in [-0.3, -0.25) is 14.2 Å². The van der Waals surface area contributed by atoms with Gasteiger partial charge in [-0.05, 0) is 43.4 Å². The van der Waals surface area contributed by atoms with Crippen LogP contribution in [0.25, 0.3) is 27.3 Å². The molecule has 0 spiro atoms. The van der Waals surface area contributed by atoms with E-state index in [1.54, 1.807) is 0 Å². The number of hydrogen-bond donors (Lipinski definition) is 0. The van der Waals surface area contributed by atoms with Crippen LogP contribution in [0.2, 0.25) is 0 Å². The summed E-state index contributed by atoms with van der Waals surface area (Å²) in [5.41, 5.74) is 5.37. The van der Waals surface area contributed by atoms with Gasteiger partial charge in [-0.15, -0.1) is 0 Å². The molecule has 0 N–H and O–H groups in total. The van der Waals surface area contributed by atoms with Crippen molar-refractivity contribution in [3.8, 4) is 0 Å². The topological polar surface area (TPSA) is 34.4 Å². The molecule has 1 aliphatic carbocycles. The Morgan fingerprint density at radius 2 is 1.76 bits per heavy atom. The number of hydrogen-bond acceptors (Lipinski definition) is 2. The van der Waals surface area contributed by atoms with Gasteiger partial charge < -0.3 is 0 Å². The lowest BCUT2D eigenvalue weighted by Crippen LogP contribution is -2.23. The highest BCUT2D eigenvalue weighted by Gasteiger charge is 2.22. The third kappa shape index (κ3) is 1.29. The van der Waals surface area contributed by atoms with Crippen molar-refractivity contribution in [2.75, 3.05) is 0 Å². The Morgan fingerprint density at radius 3 is 2.67 bits per heavy atom. The molecule has 102 valence electrons. The Labute approximate surface area is 121 Å². The van der Waals surface area contributed by atoms with E-state index in [0.717, 1.165) is 58.6 Å². The van der Waals surface area contributed by atoms with Gasteiger partial charge in [0.2, 0.25) is 0 Å². The highest BCUT2D eigenvalue weighted by Crippen LogP contribution is 2.33. The lowest BCUT2D eigenvalue weighted by Gasteiger charge is -2.17. The molecule has 21 heavy (non-hydrogen) atoms. The number of rotatable bonds is 0. The van der Waals surface area contributed by atoms with Crippen molar-refractivity contribution in [1.29, 1.82) is 0 Å². The van der Waals surface area contributed by atoms with Crippen LogP contribution in [-0.2, 0) is 12.8 Å². The van der Waals surface area contributed by atoms with Crippen molar-refractivity contribution in [3.63, 3.8) is 0 Å². The molecular formula is C18H14N2O. The molecular weight excluding hydrogens is 260 g/mol. The Kier molecular flexibility index (Phi) is 2.05. The molecule has 0 radical (unpaired) electrons. The van der Waals surface area contributed by atoms with Crippen LogP contribution in [0.3, 0.4) is 0 Å². The van der Waals surface area contributed by atoms with E-state index in [1.165, 1.54) is 5.56 Å². The first kappa shape index (κ1) is 11.3. The van der Waals surface area contributed by atoms with Gasteiger partial charge in [0.05, 0.1) is 16.6 Å². The fourth-order valence-corrected chi connectivity index (χ4v) is 3.88. The maximum atomic E-state index is 13.0. The van der Waals surface area contributed by atoms with Gasteiger partial charge in [0, 0.05) is 22.5 Å². The number of aromatic nitrogens is 2. The predicted molar refractivity (Wildman–Crippen MR) is 84.3 cm³/mol. The van der Waals surface area contributed by atoms with Gasteiger partial charge in [0.15, 0.2) is 0 Å². The minimum absolute atomic E-state index is 0.163. The molecule has 3 nitrogen and oxygen atoms in total. The highest BCUT2D eigenvalue weighted by atomic mass is 16.1. The second kappa shape index (κ2) is 3.82. The second-order valence-corrected chi connectivity index (χ2v) is 5.88. The van der Waals surface area contributed by atoms with Crippen LogP contribution in [0.15, 0.2) is 41.3 Å². The standard InChI is InChI=1S/C18H14N2O/c21-18-14-7-2-1-6-12(14)16-17-13(9-10-19-16)11-5-3-4-8-15(11)20(17)18/h3-5,8-10H,1-2,6-7H2. The van der Waals surface area contributed by atoms with Crippen molar-refractivity contribution in [3.05, 3.63) is 58.0 Å². The van der Waals surface area contributed by atoms with Crippen LogP contribution in [0.4, 0.5) is 0 Å². The van der Waals surface area contributed by atoms with E-state index in [4.69, 9.17) is 0 Å². The zero-order valence-electron chi connectivity index (χ0n) is 11.6. The van der Waals surface area contributed by atoms with Gasteiger partial charge >= 0.3 is 0 Å². The summed E-state index contributed by atoms with van der Waals surface area (Å²) in [4.78, 5) is 17.6. The van der Waals surface area contributed by atoms with Crippen LogP contribution < -0.4 is 5.56 Å². The normalized spacial score (nSPS) is 15.0. The molecule has 3 heterocycles. The molecule has 5 rings (SSSR count). The van der Waals surface area contributed by atoms with E-state index >= 15 is 0 Å². The molecule has 0 bridgehead atoms. The van der Waals surface area contributed by atoms with E-state index in [-0.39, 0.29) is 5.56 Å². The largest absolute Gasteiger partial charge is 0.274 e. The molecule has 3 aromatic heterocycles. The summed E-state index contributed by atoms with van der Waals surface area (Å²) in [6.45, 7) is 0. The van der Waals surface area contributed by atoms with Gasteiger partial charge in [0.25, 0.3) is 5.56 Å². The number of fused-ring (bicyclic) bond motifs is 5. The van der Waals surface area contributed by atoms with Gasteiger partial charge in [0.1, 0.15) is 0 Å². The molecule has 0 fully saturated rings. The van der Waals surface area contributed by atoms with Crippen molar-refractivity contribution in [2.24, 2.45) is 0 Å². The fourth-order valence-electron chi connectivity index (χ4n) is 3.88. The van der Waals surface area contributed by atoms with Crippen LogP contribution in [0.5, 0.6) is 0 Å². The summed E-state index contributed by atoms with van der Waals surface area (Å²) in [5, 5.41) is 2.28. The molecule has 0 amide bonds. The minimum atomic E-state index is 0.163. The Bertz CT molecular complexity index is 1060. The molecule has 0 unspecified atom stereocenters. The van der Waals surface area contributed by atoms with E-state index in [0.29, 0.717) is 0 Å². The Morgan fingerprint density at radius 1 is 0.952 bits per heavy atom. The van der Waals surface area contributed by atoms with Gasteiger partial charge in [-0.1, -0.05) is 18.2 Å². The van der Waals surface area contributed by atoms with E-state index < -0.39 is 0 Å². The van der Waals surface area contributed by atoms with Crippen LogP contribution >= 0.6 is 0 Å². The number of aryl methyl sites for hydroxylation is 1. The van der Waals surface area contributed by atoms with Crippen molar-refractivity contribution in [1.82, 2.24) is 9.38 Å². The summed E-state index contributed by atoms with van der Waals surface area (Å²) >= 11 is 0. The van der Waals surface area contributed by atoms with Crippen LogP contribution in [-0.4, -0.2) is 9.38 Å². The molecule has 4 aromatic rings. The maximum absolute atomic E-state index is 13.0. The zero-order chi connectivity index (χ0) is 14.0. The number of benzene rings is 1. The van der Waals surface area contributed by atoms with Gasteiger partial charge in [-0.25, -0.2) is 0 Å². The molecule has 1 aliphatic rings. The Hall–Kier alpha value is -2.42. The first-order valence-corrected chi connectivity index (χ1v) is 7.51. The van der Waals surface area contributed by atoms with Crippen molar-refractivity contribution >= 4 is 27.3 Å². The summed E-state index contributed by atoms with van der Waals surface area (Å²) in [5.74, 6) is 0. The first-order valence-electron chi connectivity index (χ1n) is 7.51. The summed E-state index contributed by atoms with van der Waals surface area (Å²) < 4.78 is 1.89. The number of nitrogens with zero attached hydrogens (tertiary/aromatic N) is 2. The van der Waals surface area contributed by atoms with E-state index in [1.807, 2.05) is 34.9 Å². The average molecular weight is 274 g/mol. The van der Waals surface area contributed by atoms with Crippen molar-refractivity contribution in [2.45, 2.75) is 25.7 Å². The molecule has 0 saturated heterocycles. The van der Waals surface area contributed by atoms with E-state index in [9.17, 15) is 4.79 Å². The average Bonchev–Trinajstić information content (AvgIpc) is 2.89. The van der Waals surface area contributed by atoms with Crippen molar-refractivity contribution < 1.29 is 0 Å². The zero-order valence-corrected chi connectivity index (χ0v) is 11.6. The first-order chi connectivity index (χ1) is 10.4. The highest BCUT2D eigenvalue weighted by molar-refractivity contribution is 6.13. The third-order valence-electron chi connectivity index (χ3n) is 4.80. The molecule has 3 heteroatoms. The summed E-state index contributed by atoms with van der Waals surface area (Å²) in [6.07, 6.45) is 6.01.